The van der Waals surface area contributed by atoms with Gasteiger partial charge in [0.25, 0.3) is 10.0 Å². The van der Waals surface area contributed by atoms with Gasteiger partial charge in [-0.15, -0.1) is 10.2 Å². The number of hydrogen-bond acceptors (Lipinski definition) is 8. The fraction of sp³-hybridized carbons (Fsp3) is 0.158. The zero-order chi connectivity index (χ0) is 22.0. The third-order valence-corrected chi connectivity index (χ3v) is 8.10. The van der Waals surface area contributed by atoms with Crippen molar-refractivity contribution in [2.24, 2.45) is 0 Å². The Labute approximate surface area is 191 Å². The molecule has 8 nitrogen and oxygen atoms in total. The van der Waals surface area contributed by atoms with Gasteiger partial charge in [0.05, 0.1) is 10.6 Å². The molecule has 0 aliphatic carbocycles. The summed E-state index contributed by atoms with van der Waals surface area (Å²) in [5, 5.41) is 8.68. The molecule has 31 heavy (non-hydrogen) atoms. The zero-order valence-corrected chi connectivity index (χ0v) is 19.0. The number of hydrogen-bond donors (Lipinski definition) is 1. The van der Waals surface area contributed by atoms with E-state index in [1.54, 1.807) is 6.07 Å². The van der Waals surface area contributed by atoms with E-state index in [2.05, 4.69) is 14.9 Å². The Morgan fingerprint density at radius 3 is 2.45 bits per heavy atom. The molecule has 12 heteroatoms. The first kappa shape index (κ1) is 21.8. The summed E-state index contributed by atoms with van der Waals surface area (Å²) in [5.41, 5.74) is 1.37. The molecular weight excluding hydrogens is 480 g/mol. The molecule has 2 aromatic carbocycles. The van der Waals surface area contributed by atoms with E-state index in [0.29, 0.717) is 20.8 Å². The number of halogens is 1. The topological polar surface area (TPSA) is 109 Å². The maximum Gasteiger partial charge on any atom is 0.263 e. The van der Waals surface area contributed by atoms with Gasteiger partial charge in [-0.2, -0.15) is 0 Å². The van der Waals surface area contributed by atoms with Gasteiger partial charge in [-0.25, -0.2) is 8.42 Å². The number of amides is 2. The van der Waals surface area contributed by atoms with Crippen molar-refractivity contribution < 1.29 is 18.0 Å². The van der Waals surface area contributed by atoms with Crippen LogP contribution in [0.2, 0.25) is 5.02 Å². The average Bonchev–Trinajstić information content (AvgIpc) is 3.32. The molecule has 1 N–H and O–H groups in total. The normalized spacial score (nSPS) is 14.3. The molecular formula is C19H15ClN4O4S3. The first-order valence-corrected chi connectivity index (χ1v) is 12.7. The van der Waals surface area contributed by atoms with E-state index in [9.17, 15) is 18.0 Å². The summed E-state index contributed by atoms with van der Waals surface area (Å²) >= 11 is 8.52. The van der Waals surface area contributed by atoms with E-state index in [1.165, 1.54) is 36.0 Å². The quantitative estimate of drug-likeness (QED) is 0.391. The highest BCUT2D eigenvalue weighted by Crippen LogP contribution is 2.30. The van der Waals surface area contributed by atoms with Crippen LogP contribution in [-0.4, -0.2) is 30.4 Å². The van der Waals surface area contributed by atoms with Gasteiger partial charge in [0.15, 0.2) is 4.34 Å². The van der Waals surface area contributed by atoms with Crippen molar-refractivity contribution in [3.8, 4) is 0 Å². The van der Waals surface area contributed by atoms with Crippen molar-refractivity contribution in [1.29, 1.82) is 0 Å². The molecule has 0 bridgehead atoms. The maximum atomic E-state index is 12.6. The Morgan fingerprint density at radius 2 is 1.77 bits per heavy atom. The van der Waals surface area contributed by atoms with E-state index in [0.717, 1.165) is 21.8 Å². The van der Waals surface area contributed by atoms with E-state index < -0.39 is 10.0 Å². The number of sulfonamides is 1. The van der Waals surface area contributed by atoms with Gasteiger partial charge in [-0.05, 0) is 42.0 Å². The fourth-order valence-corrected chi connectivity index (χ4v) is 6.03. The fourth-order valence-electron chi connectivity index (χ4n) is 2.89. The summed E-state index contributed by atoms with van der Waals surface area (Å²) in [5.74, 6) is 0.0305. The van der Waals surface area contributed by atoms with Gasteiger partial charge >= 0.3 is 0 Å². The lowest BCUT2D eigenvalue weighted by atomic mass is 10.2. The second-order valence-corrected chi connectivity index (χ2v) is 10.8. The number of aromatic nitrogens is 2. The molecule has 4 rings (SSSR count). The van der Waals surface area contributed by atoms with Crippen LogP contribution in [0.15, 0.2) is 57.8 Å². The number of nitrogens with zero attached hydrogens (tertiary/aromatic N) is 3. The van der Waals surface area contributed by atoms with Gasteiger partial charge in [0.2, 0.25) is 16.9 Å². The third kappa shape index (κ3) is 5.06. The average molecular weight is 495 g/mol. The standard InChI is InChI=1S/C19H15ClN4O4S3/c20-13-3-1-2-12(10-13)11-29-19-22-21-18(30-19)23-31(27,28)15-6-4-14(5-7-15)24-16(25)8-9-17(24)26/h1-7,10H,8-9,11H2,(H,21,23). The smallest absolute Gasteiger partial charge is 0.263 e. The molecule has 2 amide bonds. The second-order valence-electron chi connectivity index (χ2n) is 6.51. The van der Waals surface area contributed by atoms with E-state index in [1.807, 2.05) is 18.2 Å². The van der Waals surface area contributed by atoms with Gasteiger partial charge in [-0.3, -0.25) is 19.2 Å². The van der Waals surface area contributed by atoms with Gasteiger partial charge in [0, 0.05) is 23.6 Å². The first-order valence-electron chi connectivity index (χ1n) is 9.01. The highest BCUT2D eigenvalue weighted by Gasteiger charge is 2.30. The van der Waals surface area contributed by atoms with Crippen LogP contribution in [0.5, 0.6) is 0 Å². The number of rotatable bonds is 7. The lowest BCUT2D eigenvalue weighted by molar-refractivity contribution is -0.121. The molecule has 160 valence electrons. The van der Waals surface area contributed by atoms with Crippen molar-refractivity contribution in [3.05, 3.63) is 59.1 Å². The Morgan fingerprint density at radius 1 is 1.06 bits per heavy atom. The predicted octanol–water partition coefficient (Wildman–Crippen LogP) is 3.94. The summed E-state index contributed by atoms with van der Waals surface area (Å²) in [6.45, 7) is 0. The molecule has 1 aliphatic rings. The molecule has 0 saturated carbocycles. The van der Waals surface area contributed by atoms with Gasteiger partial charge < -0.3 is 0 Å². The number of anilines is 2. The monoisotopic (exact) mass is 494 g/mol. The number of carbonyl (C=O) groups excluding carboxylic acids is 2. The highest BCUT2D eigenvalue weighted by molar-refractivity contribution is 8.00. The van der Waals surface area contributed by atoms with Gasteiger partial charge in [-0.1, -0.05) is 46.8 Å². The van der Waals surface area contributed by atoms with Crippen molar-refractivity contribution in [2.45, 2.75) is 27.8 Å². The molecule has 1 fully saturated rings. The predicted molar refractivity (Wildman–Crippen MR) is 120 cm³/mol. The van der Waals surface area contributed by atoms with Crippen molar-refractivity contribution in [1.82, 2.24) is 10.2 Å². The number of benzene rings is 2. The third-order valence-electron chi connectivity index (χ3n) is 4.34. The van der Waals surface area contributed by atoms with Crippen LogP contribution in [0.25, 0.3) is 0 Å². The Hall–Kier alpha value is -2.47. The van der Waals surface area contributed by atoms with Crippen molar-refractivity contribution in [2.75, 3.05) is 9.62 Å². The van der Waals surface area contributed by atoms with Crippen LogP contribution in [-0.2, 0) is 25.4 Å². The molecule has 1 saturated heterocycles. The Balaban J connectivity index is 1.42. The minimum atomic E-state index is -3.90. The Kier molecular flexibility index (Phi) is 6.28. The van der Waals surface area contributed by atoms with Crippen LogP contribution in [0.1, 0.15) is 18.4 Å². The maximum absolute atomic E-state index is 12.6. The summed E-state index contributed by atoms with van der Waals surface area (Å²) in [6.07, 6.45) is 0.324. The van der Waals surface area contributed by atoms with Crippen LogP contribution in [0, 0.1) is 0 Å². The summed E-state index contributed by atoms with van der Waals surface area (Å²) in [4.78, 5) is 24.7. The van der Waals surface area contributed by atoms with Gasteiger partial charge in [0.1, 0.15) is 0 Å². The molecule has 0 unspecified atom stereocenters. The molecule has 0 spiro atoms. The SMILES string of the molecule is O=C1CCC(=O)N1c1ccc(S(=O)(=O)Nc2nnc(SCc3cccc(Cl)c3)s2)cc1. The first-order chi connectivity index (χ1) is 14.8. The number of thioether (sulfide) groups is 1. The van der Waals surface area contributed by atoms with Crippen LogP contribution in [0.3, 0.4) is 0 Å². The summed E-state index contributed by atoms with van der Waals surface area (Å²) in [6, 6.07) is 13.0. The summed E-state index contributed by atoms with van der Waals surface area (Å²) < 4.78 is 28.3. The minimum Gasteiger partial charge on any atom is -0.274 e. The largest absolute Gasteiger partial charge is 0.274 e. The second kappa shape index (κ2) is 8.95. The van der Waals surface area contributed by atoms with E-state index in [4.69, 9.17) is 11.6 Å². The molecule has 3 aromatic rings. The molecule has 2 heterocycles. The lowest BCUT2D eigenvalue weighted by Crippen LogP contribution is -2.28. The van der Waals surface area contributed by atoms with Crippen LogP contribution >= 0.6 is 34.7 Å². The molecule has 1 aliphatic heterocycles. The van der Waals surface area contributed by atoms with E-state index >= 15 is 0 Å². The molecule has 0 radical (unpaired) electrons. The summed E-state index contributed by atoms with van der Waals surface area (Å²) in [7, 11) is -3.90. The number of carbonyl (C=O) groups is 2. The highest BCUT2D eigenvalue weighted by atomic mass is 35.5. The lowest BCUT2D eigenvalue weighted by Gasteiger charge is -2.14. The Bertz CT molecular complexity index is 1230. The van der Waals surface area contributed by atoms with Crippen LogP contribution < -0.4 is 9.62 Å². The molecule has 0 atom stereocenters. The number of imide groups is 1. The van der Waals surface area contributed by atoms with Crippen molar-refractivity contribution >= 4 is 67.4 Å². The van der Waals surface area contributed by atoms with Crippen molar-refractivity contribution in [3.63, 3.8) is 0 Å². The zero-order valence-electron chi connectivity index (χ0n) is 15.8. The number of nitrogens with one attached hydrogen (secondary N) is 1. The van der Waals surface area contributed by atoms with Crippen LogP contribution in [0.4, 0.5) is 10.8 Å². The van der Waals surface area contributed by atoms with E-state index in [-0.39, 0.29) is 34.7 Å². The molecule has 1 aromatic heterocycles. The minimum absolute atomic E-state index is 0.0151.